The number of benzene rings is 1. The minimum atomic E-state index is -1.06. The number of carboxylic acid groups (broad SMARTS) is 1. The highest BCUT2D eigenvalue weighted by molar-refractivity contribution is 7.99. The summed E-state index contributed by atoms with van der Waals surface area (Å²) in [5.41, 5.74) is 3.28. The normalized spacial score (nSPS) is 20.2. The van der Waals surface area contributed by atoms with Crippen LogP contribution in [-0.4, -0.2) is 37.6 Å². The van der Waals surface area contributed by atoms with Gasteiger partial charge in [0.05, 0.1) is 22.3 Å². The maximum absolute atomic E-state index is 13.3. The zero-order valence-corrected chi connectivity index (χ0v) is 18.9. The van der Waals surface area contributed by atoms with Gasteiger partial charge in [-0.15, -0.1) is 0 Å². The number of nitrogens with zero attached hydrogens (tertiary/aromatic N) is 3. The number of hydrogen-bond donors (Lipinski definition) is 2. The molecule has 0 saturated heterocycles. The number of carbonyl (C=O) groups is 1. The molecular weight excluding hydrogens is 472 g/mol. The van der Waals surface area contributed by atoms with Crippen LogP contribution in [0.2, 0.25) is 0 Å². The molecule has 11 heteroatoms. The molecule has 1 fully saturated rings. The van der Waals surface area contributed by atoms with E-state index in [0.717, 1.165) is 24.0 Å². The van der Waals surface area contributed by atoms with Gasteiger partial charge in [0.15, 0.2) is 23.3 Å². The maximum atomic E-state index is 13.3. The van der Waals surface area contributed by atoms with Gasteiger partial charge in [-0.1, -0.05) is 16.9 Å². The second kappa shape index (κ2) is 7.51. The maximum Gasteiger partial charge on any atom is 0.328 e. The molecule has 3 aromatic heterocycles. The van der Waals surface area contributed by atoms with Crippen LogP contribution in [0.25, 0.3) is 22.6 Å². The van der Waals surface area contributed by atoms with Crippen molar-refractivity contribution in [2.75, 3.05) is 6.79 Å². The van der Waals surface area contributed by atoms with Crippen molar-refractivity contribution >= 4 is 17.7 Å². The van der Waals surface area contributed by atoms with Crippen LogP contribution in [0.4, 0.5) is 0 Å². The highest BCUT2D eigenvalue weighted by Crippen LogP contribution is 2.56. The van der Waals surface area contributed by atoms with Crippen molar-refractivity contribution in [1.82, 2.24) is 19.7 Å². The van der Waals surface area contributed by atoms with Crippen LogP contribution in [0.3, 0.4) is 0 Å². The van der Waals surface area contributed by atoms with Crippen molar-refractivity contribution in [3.8, 4) is 34.1 Å². The van der Waals surface area contributed by atoms with Crippen LogP contribution < -0.4 is 15.0 Å². The molecule has 0 radical (unpaired) electrons. The molecule has 35 heavy (non-hydrogen) atoms. The van der Waals surface area contributed by atoms with Gasteiger partial charge in [0, 0.05) is 29.5 Å². The number of nitrogens with one attached hydrogen (secondary N) is 1. The molecule has 2 N–H and O–H groups in total. The van der Waals surface area contributed by atoms with E-state index in [4.69, 9.17) is 14.0 Å². The first-order valence-electron chi connectivity index (χ1n) is 11.1. The first-order chi connectivity index (χ1) is 17.1. The number of pyridine rings is 1. The van der Waals surface area contributed by atoms with Gasteiger partial charge >= 0.3 is 5.97 Å². The van der Waals surface area contributed by atoms with E-state index in [2.05, 4.69) is 15.1 Å². The fourth-order valence-electron chi connectivity index (χ4n) is 4.78. The quantitative estimate of drug-likeness (QED) is 0.426. The third-order valence-electron chi connectivity index (χ3n) is 6.56. The molecule has 5 heterocycles. The zero-order chi connectivity index (χ0) is 23.7. The lowest BCUT2D eigenvalue weighted by atomic mass is 10.0. The molecule has 2 atom stereocenters. The number of aromatic nitrogens is 4. The number of hydrogen-bond acceptors (Lipinski definition) is 8. The fraction of sp³-hybridized carbons (Fsp3) is 0.250. The number of imidazole rings is 1. The van der Waals surface area contributed by atoms with Crippen molar-refractivity contribution in [1.29, 1.82) is 0 Å². The van der Waals surface area contributed by atoms with Crippen LogP contribution in [0, 0.1) is 0 Å². The number of thioether (sulfide) groups is 1. The molecule has 10 nitrogen and oxygen atoms in total. The van der Waals surface area contributed by atoms with Gasteiger partial charge in [0.25, 0.3) is 5.56 Å². The van der Waals surface area contributed by atoms with E-state index < -0.39 is 17.3 Å². The van der Waals surface area contributed by atoms with Crippen LogP contribution in [-0.2, 0) is 4.79 Å². The van der Waals surface area contributed by atoms with E-state index in [1.165, 1.54) is 28.7 Å². The molecule has 4 aromatic rings. The van der Waals surface area contributed by atoms with Crippen LogP contribution in [0.15, 0.2) is 57.2 Å². The van der Waals surface area contributed by atoms with E-state index in [1.54, 1.807) is 12.3 Å². The Morgan fingerprint density at radius 2 is 2.03 bits per heavy atom. The molecule has 176 valence electrons. The average molecular weight is 490 g/mol. The second-order valence-corrected chi connectivity index (χ2v) is 9.86. The molecule has 3 aliphatic rings. The van der Waals surface area contributed by atoms with Crippen LogP contribution in [0.5, 0.6) is 11.5 Å². The Bertz CT molecular complexity index is 1540. The predicted octanol–water partition coefficient (Wildman–Crippen LogP) is 3.97. The molecule has 1 aromatic carbocycles. The molecule has 2 unspecified atom stereocenters. The number of H-pyrrole nitrogens is 1. The van der Waals surface area contributed by atoms with E-state index in [0.29, 0.717) is 39.2 Å². The van der Waals surface area contributed by atoms with Gasteiger partial charge < -0.3 is 24.1 Å². The summed E-state index contributed by atoms with van der Waals surface area (Å²) >= 11 is 1.38. The molecule has 2 aliphatic heterocycles. The lowest BCUT2D eigenvalue weighted by Gasteiger charge is -2.16. The number of rotatable bonds is 5. The number of aromatic amines is 1. The topological polar surface area (TPSA) is 132 Å². The van der Waals surface area contributed by atoms with Gasteiger partial charge in [-0.2, -0.15) is 0 Å². The standard InChI is InChI=1S/C24H18N4O6S/c29-19-6-13(17-7-14(27-34-17)12-3-4-16-18(5-12)33-10-32-16)20(11-1-2-11)23-28(19)21(24(30)31)22(35-23)15-8-25-9-26-15/h3-9,11,21-22H,1-2,10H2,(H,25,26)(H,30,31). The first kappa shape index (κ1) is 20.4. The predicted molar refractivity (Wildman–Crippen MR) is 124 cm³/mol. The number of carboxylic acids is 1. The van der Waals surface area contributed by atoms with Crippen molar-refractivity contribution < 1.29 is 23.9 Å². The van der Waals surface area contributed by atoms with Gasteiger partial charge in [-0.05, 0) is 42.5 Å². The van der Waals surface area contributed by atoms with Gasteiger partial charge in [-0.25, -0.2) is 9.78 Å². The van der Waals surface area contributed by atoms with E-state index in [1.807, 2.05) is 18.2 Å². The summed E-state index contributed by atoms with van der Waals surface area (Å²) in [5.74, 6) is 0.961. The summed E-state index contributed by atoms with van der Waals surface area (Å²) in [6, 6.07) is 7.78. The highest BCUT2D eigenvalue weighted by Gasteiger charge is 2.45. The first-order valence-corrected chi connectivity index (χ1v) is 12.0. The number of aliphatic carboxylic acids is 1. The molecule has 1 saturated carbocycles. The highest BCUT2D eigenvalue weighted by atomic mass is 32.2. The minimum Gasteiger partial charge on any atom is -0.480 e. The summed E-state index contributed by atoms with van der Waals surface area (Å²) in [7, 11) is 0. The van der Waals surface area contributed by atoms with Gasteiger partial charge in [0.1, 0.15) is 5.69 Å². The third kappa shape index (κ3) is 3.18. The lowest BCUT2D eigenvalue weighted by molar-refractivity contribution is -0.141. The summed E-state index contributed by atoms with van der Waals surface area (Å²) in [4.78, 5) is 32.6. The van der Waals surface area contributed by atoms with Gasteiger partial charge in [0.2, 0.25) is 6.79 Å². The fourth-order valence-corrected chi connectivity index (χ4v) is 6.36. The number of ether oxygens (including phenoxy) is 2. The van der Waals surface area contributed by atoms with Crippen molar-refractivity contribution in [3.05, 3.63) is 64.5 Å². The molecule has 1 aliphatic carbocycles. The average Bonchev–Trinajstić information content (AvgIpc) is 3.33. The SMILES string of the molecule is O=C(O)C1C(c2cnc[nH]2)Sc2c(C3CC3)c(-c3cc(-c4ccc5c(c4)OCO5)no3)cc(=O)n21. The Kier molecular flexibility index (Phi) is 4.37. The Balaban J connectivity index is 1.35. The van der Waals surface area contributed by atoms with Crippen molar-refractivity contribution in [3.63, 3.8) is 0 Å². The van der Waals surface area contributed by atoms with E-state index >= 15 is 0 Å². The Morgan fingerprint density at radius 3 is 2.80 bits per heavy atom. The largest absolute Gasteiger partial charge is 0.480 e. The molecule has 0 spiro atoms. The summed E-state index contributed by atoms with van der Waals surface area (Å²) < 4.78 is 18.0. The minimum absolute atomic E-state index is 0.182. The monoisotopic (exact) mass is 490 g/mol. The van der Waals surface area contributed by atoms with E-state index in [9.17, 15) is 14.7 Å². The molecule has 7 rings (SSSR count). The summed E-state index contributed by atoms with van der Waals surface area (Å²) in [6.07, 6.45) is 5.05. The number of fused-ring (bicyclic) bond motifs is 2. The molecule has 0 amide bonds. The zero-order valence-electron chi connectivity index (χ0n) is 18.1. The Hall–Kier alpha value is -3.99. The second-order valence-electron chi connectivity index (χ2n) is 8.73. The Morgan fingerprint density at radius 1 is 1.17 bits per heavy atom. The lowest BCUT2D eigenvalue weighted by Crippen LogP contribution is -2.30. The van der Waals surface area contributed by atoms with Crippen LogP contribution in [0.1, 0.15) is 41.3 Å². The molecule has 0 bridgehead atoms. The van der Waals surface area contributed by atoms with Crippen LogP contribution >= 0.6 is 11.8 Å². The van der Waals surface area contributed by atoms with Crippen molar-refractivity contribution in [2.24, 2.45) is 0 Å². The summed E-state index contributed by atoms with van der Waals surface area (Å²) in [5, 5.41) is 14.4. The van der Waals surface area contributed by atoms with Gasteiger partial charge in [-0.3, -0.25) is 9.36 Å². The smallest absolute Gasteiger partial charge is 0.328 e. The summed E-state index contributed by atoms with van der Waals surface area (Å²) in [6.45, 7) is 0.182. The Labute approximate surface area is 201 Å². The van der Waals surface area contributed by atoms with Crippen molar-refractivity contribution in [2.45, 2.75) is 35.1 Å². The molecular formula is C24H18N4O6S. The third-order valence-corrected chi connectivity index (χ3v) is 7.96. The van der Waals surface area contributed by atoms with E-state index in [-0.39, 0.29) is 18.3 Å².